The van der Waals surface area contributed by atoms with E-state index in [1.807, 2.05) is 13.0 Å². The molecule has 0 radical (unpaired) electrons. The third-order valence-electron chi connectivity index (χ3n) is 3.99. The fraction of sp³-hybridized carbons (Fsp3) is 0.368. The number of ether oxygens (including phenoxy) is 4. The van der Waals surface area contributed by atoms with Crippen LogP contribution in [-0.4, -0.2) is 38.0 Å². The summed E-state index contributed by atoms with van der Waals surface area (Å²) in [7, 11) is 1.55. The molecule has 0 saturated heterocycles. The molecule has 164 valence electrons. The smallest absolute Gasteiger partial charge is 0.387 e. The lowest BCUT2D eigenvalue weighted by Gasteiger charge is -2.15. The van der Waals surface area contributed by atoms with Gasteiger partial charge >= 0.3 is 6.61 Å². The van der Waals surface area contributed by atoms with E-state index in [1.165, 1.54) is 6.07 Å². The Morgan fingerprint density at radius 1 is 1.23 bits per heavy atom. The maximum atomic E-state index is 12.8. The summed E-state index contributed by atoms with van der Waals surface area (Å²) >= 11 is 0. The second kappa shape index (κ2) is 11.6. The number of benzene rings is 1. The normalized spacial score (nSPS) is 12.4. The zero-order chi connectivity index (χ0) is 20.6. The van der Waals surface area contributed by atoms with Crippen molar-refractivity contribution >= 4 is 29.9 Å². The maximum absolute atomic E-state index is 12.8. The van der Waals surface area contributed by atoms with Crippen molar-refractivity contribution in [1.82, 2.24) is 15.6 Å². The molecule has 0 amide bonds. The molecular formula is C19H23F2IN4O4. The number of nitrogens with zero attached hydrogens (tertiary/aromatic N) is 2. The minimum atomic E-state index is -2.95. The number of halogens is 3. The van der Waals surface area contributed by atoms with Crippen LogP contribution in [0.4, 0.5) is 8.78 Å². The molecule has 3 rings (SSSR count). The SMILES string of the molecule is CCNC(=NCc1ccnc(OC)c1)NCc1cc2c(cc1OC(F)F)OCO2.I. The lowest BCUT2D eigenvalue weighted by Crippen LogP contribution is -2.36. The van der Waals surface area contributed by atoms with Crippen LogP contribution in [0.1, 0.15) is 18.1 Å². The zero-order valence-electron chi connectivity index (χ0n) is 16.5. The zero-order valence-corrected chi connectivity index (χ0v) is 18.8. The highest BCUT2D eigenvalue weighted by molar-refractivity contribution is 14.0. The molecule has 0 fully saturated rings. The average Bonchev–Trinajstić information content (AvgIpc) is 3.17. The van der Waals surface area contributed by atoms with Crippen LogP contribution < -0.4 is 29.6 Å². The number of methoxy groups -OCH3 is 1. The van der Waals surface area contributed by atoms with E-state index in [0.29, 0.717) is 42.0 Å². The highest BCUT2D eigenvalue weighted by atomic mass is 127. The Balaban J connectivity index is 0.00000320. The number of aromatic nitrogens is 1. The number of guanidine groups is 1. The molecule has 1 aliphatic rings. The topological polar surface area (TPSA) is 86.2 Å². The van der Waals surface area contributed by atoms with Gasteiger partial charge in [0.25, 0.3) is 0 Å². The van der Waals surface area contributed by atoms with Gasteiger partial charge in [0, 0.05) is 37.0 Å². The Morgan fingerprint density at radius 3 is 2.70 bits per heavy atom. The molecule has 8 nitrogen and oxygen atoms in total. The number of hydrogen-bond acceptors (Lipinski definition) is 6. The molecule has 0 unspecified atom stereocenters. The number of rotatable bonds is 8. The highest BCUT2D eigenvalue weighted by Crippen LogP contribution is 2.38. The van der Waals surface area contributed by atoms with Crippen molar-refractivity contribution in [2.24, 2.45) is 4.99 Å². The van der Waals surface area contributed by atoms with Gasteiger partial charge in [0.2, 0.25) is 12.7 Å². The second-order valence-corrected chi connectivity index (χ2v) is 5.95. The molecular weight excluding hydrogens is 513 g/mol. The van der Waals surface area contributed by atoms with E-state index < -0.39 is 6.61 Å². The van der Waals surface area contributed by atoms with Crippen LogP contribution in [0.25, 0.3) is 0 Å². The first-order valence-electron chi connectivity index (χ1n) is 8.97. The summed E-state index contributed by atoms with van der Waals surface area (Å²) < 4.78 is 45.8. The van der Waals surface area contributed by atoms with Gasteiger partial charge in [0.05, 0.1) is 13.7 Å². The third kappa shape index (κ3) is 6.47. The monoisotopic (exact) mass is 536 g/mol. The first-order chi connectivity index (χ1) is 14.1. The highest BCUT2D eigenvalue weighted by Gasteiger charge is 2.20. The van der Waals surface area contributed by atoms with Crippen LogP contribution in [0.3, 0.4) is 0 Å². The molecule has 11 heteroatoms. The van der Waals surface area contributed by atoms with Crippen LogP contribution in [0, 0.1) is 0 Å². The van der Waals surface area contributed by atoms with Crippen molar-refractivity contribution in [3.05, 3.63) is 41.6 Å². The lowest BCUT2D eigenvalue weighted by molar-refractivity contribution is -0.0505. The van der Waals surface area contributed by atoms with Crippen LogP contribution >= 0.6 is 24.0 Å². The minimum absolute atomic E-state index is 0. The minimum Gasteiger partial charge on any atom is -0.481 e. The maximum Gasteiger partial charge on any atom is 0.387 e. The van der Waals surface area contributed by atoms with E-state index in [1.54, 1.807) is 25.4 Å². The Labute approximate surface area is 190 Å². The summed E-state index contributed by atoms with van der Waals surface area (Å²) in [6.07, 6.45) is 1.64. The molecule has 2 heterocycles. The molecule has 2 N–H and O–H groups in total. The number of pyridine rings is 1. The van der Waals surface area contributed by atoms with Gasteiger partial charge in [-0.25, -0.2) is 9.98 Å². The van der Waals surface area contributed by atoms with Crippen LogP contribution in [0.15, 0.2) is 35.5 Å². The number of hydrogen-bond donors (Lipinski definition) is 2. The van der Waals surface area contributed by atoms with Crippen molar-refractivity contribution < 1.29 is 27.7 Å². The largest absolute Gasteiger partial charge is 0.481 e. The van der Waals surface area contributed by atoms with E-state index in [9.17, 15) is 8.78 Å². The van der Waals surface area contributed by atoms with Gasteiger partial charge in [-0.3, -0.25) is 0 Å². The Hall–Kier alpha value is -2.57. The first kappa shape index (κ1) is 23.7. The molecule has 0 saturated carbocycles. The third-order valence-corrected chi connectivity index (χ3v) is 3.99. The van der Waals surface area contributed by atoms with E-state index in [4.69, 9.17) is 14.2 Å². The lowest BCUT2D eigenvalue weighted by atomic mass is 10.1. The van der Waals surface area contributed by atoms with Crippen molar-refractivity contribution in [2.45, 2.75) is 26.6 Å². The van der Waals surface area contributed by atoms with Gasteiger partial charge in [-0.2, -0.15) is 8.78 Å². The van der Waals surface area contributed by atoms with Gasteiger partial charge in [0.1, 0.15) is 5.75 Å². The van der Waals surface area contributed by atoms with E-state index >= 15 is 0 Å². The molecule has 0 aliphatic carbocycles. The first-order valence-corrected chi connectivity index (χ1v) is 8.97. The molecule has 1 aliphatic heterocycles. The van der Waals surface area contributed by atoms with E-state index in [2.05, 4.69) is 25.3 Å². The number of fused-ring (bicyclic) bond motifs is 1. The molecule has 0 bridgehead atoms. The fourth-order valence-electron chi connectivity index (χ4n) is 2.66. The number of aliphatic imine (C=N–C) groups is 1. The standard InChI is InChI=1S/C19H22F2N4O4.HI/c1-3-22-19(24-9-12-4-5-23-17(6-12)26-2)25-10-13-7-15-16(28-11-27-15)8-14(13)29-18(20)21;/h4-8,18H,3,9-11H2,1-2H3,(H2,22,24,25);1H. The predicted molar refractivity (Wildman–Crippen MR) is 117 cm³/mol. The Bertz CT molecular complexity index is 870. The van der Waals surface area contributed by atoms with Gasteiger partial charge in [-0.05, 0) is 24.6 Å². The second-order valence-electron chi connectivity index (χ2n) is 5.95. The summed E-state index contributed by atoms with van der Waals surface area (Å²) in [5.74, 6) is 1.89. The van der Waals surface area contributed by atoms with Crippen molar-refractivity contribution in [1.29, 1.82) is 0 Å². The molecule has 0 spiro atoms. The quantitative estimate of drug-likeness (QED) is 0.304. The number of nitrogens with one attached hydrogen (secondary N) is 2. The van der Waals surface area contributed by atoms with Crippen LogP contribution in [0.5, 0.6) is 23.1 Å². The van der Waals surface area contributed by atoms with E-state index in [-0.39, 0.29) is 43.1 Å². The summed E-state index contributed by atoms with van der Waals surface area (Å²) in [4.78, 5) is 8.56. The predicted octanol–water partition coefficient (Wildman–Crippen LogP) is 3.29. The average molecular weight is 536 g/mol. The molecule has 0 atom stereocenters. The van der Waals surface area contributed by atoms with Crippen molar-refractivity contribution in [3.63, 3.8) is 0 Å². The van der Waals surface area contributed by atoms with Crippen molar-refractivity contribution in [3.8, 4) is 23.1 Å². The van der Waals surface area contributed by atoms with Crippen LogP contribution in [0.2, 0.25) is 0 Å². The summed E-state index contributed by atoms with van der Waals surface area (Å²) in [5, 5.41) is 6.22. The summed E-state index contributed by atoms with van der Waals surface area (Å²) in [5.41, 5.74) is 1.41. The van der Waals surface area contributed by atoms with Crippen molar-refractivity contribution in [2.75, 3.05) is 20.4 Å². The molecule has 1 aromatic carbocycles. The van der Waals surface area contributed by atoms with Gasteiger partial charge < -0.3 is 29.6 Å². The van der Waals surface area contributed by atoms with Gasteiger partial charge in [0.15, 0.2) is 17.5 Å². The Kier molecular flexibility index (Phi) is 9.15. The van der Waals surface area contributed by atoms with E-state index in [0.717, 1.165) is 5.56 Å². The fourth-order valence-corrected chi connectivity index (χ4v) is 2.66. The molecule has 1 aromatic heterocycles. The summed E-state index contributed by atoms with van der Waals surface area (Å²) in [6, 6.07) is 6.64. The Morgan fingerprint density at radius 2 is 2.00 bits per heavy atom. The van der Waals surface area contributed by atoms with Gasteiger partial charge in [-0.15, -0.1) is 24.0 Å². The number of alkyl halides is 2. The molecule has 30 heavy (non-hydrogen) atoms. The summed E-state index contributed by atoms with van der Waals surface area (Å²) in [6.45, 7) is 0.239. The molecule has 2 aromatic rings. The van der Waals surface area contributed by atoms with Crippen LogP contribution in [-0.2, 0) is 13.1 Å². The van der Waals surface area contributed by atoms with Gasteiger partial charge in [-0.1, -0.05) is 0 Å².